The minimum Gasteiger partial charge on any atom is -0.508 e. The maximum Gasteiger partial charge on any atom is 0.573 e. The third-order valence-electron chi connectivity index (χ3n) is 6.28. The summed E-state index contributed by atoms with van der Waals surface area (Å²) in [7, 11) is 4.49. The first-order chi connectivity index (χ1) is 25.5. The van der Waals surface area contributed by atoms with E-state index in [0.717, 1.165) is 57.7 Å². The van der Waals surface area contributed by atoms with Gasteiger partial charge in [0, 0.05) is 12.1 Å². The van der Waals surface area contributed by atoms with E-state index in [2.05, 4.69) is 23.7 Å². The first kappa shape index (κ1) is 46.3. The van der Waals surface area contributed by atoms with Gasteiger partial charge in [-0.05, 0) is 73.2 Å². The van der Waals surface area contributed by atoms with Crippen molar-refractivity contribution < 1.29 is 94.0 Å². The minimum atomic E-state index is -4.95. The van der Waals surface area contributed by atoms with Gasteiger partial charge in [0.05, 0.1) is 50.7 Å². The van der Waals surface area contributed by atoms with E-state index in [9.17, 15) is 49.9 Å². The Morgan fingerprint density at radius 2 is 0.873 bits per heavy atom. The van der Waals surface area contributed by atoms with E-state index in [0.29, 0.717) is 23.3 Å². The molecule has 0 radical (unpaired) electrons. The average Bonchev–Trinajstić information content (AvgIpc) is 3.10. The number of hydrogen-bond donors (Lipinski definition) is 4. The number of aromatic hydroxyl groups is 4. The molecule has 0 bridgehead atoms. The highest BCUT2D eigenvalue weighted by Crippen LogP contribution is 2.34. The highest BCUT2D eigenvalue weighted by atomic mass is 19.4. The zero-order chi connectivity index (χ0) is 42.3. The van der Waals surface area contributed by atoms with Crippen molar-refractivity contribution in [2.45, 2.75) is 19.5 Å². The second-order valence-electron chi connectivity index (χ2n) is 10.1. The first-order valence-electron chi connectivity index (χ1n) is 14.6. The van der Waals surface area contributed by atoms with Gasteiger partial charge < -0.3 is 44.1 Å². The Morgan fingerprint density at radius 3 is 1.31 bits per heavy atom. The minimum absolute atomic E-state index is 0.153. The van der Waals surface area contributed by atoms with Gasteiger partial charge in [-0.15, -0.1) is 13.2 Å². The molecule has 0 aliphatic rings. The molecule has 0 aliphatic heterocycles. The smallest absolute Gasteiger partial charge is 0.508 e. The number of aryl methyl sites for hydroxylation is 1. The lowest BCUT2D eigenvalue weighted by Crippen LogP contribution is -2.19. The Morgan fingerprint density at radius 1 is 0.509 bits per heavy atom. The lowest BCUT2D eigenvalue weighted by Gasteiger charge is -2.12. The summed E-state index contributed by atoms with van der Waals surface area (Å²) in [5.74, 6) is -5.90. The summed E-state index contributed by atoms with van der Waals surface area (Å²) in [6, 6.07) is 12.8. The monoisotopic (exact) mass is 792 g/mol. The van der Waals surface area contributed by atoms with E-state index < -0.39 is 70.2 Å². The van der Waals surface area contributed by atoms with Crippen LogP contribution in [0.3, 0.4) is 0 Å². The molecule has 55 heavy (non-hydrogen) atoms. The van der Waals surface area contributed by atoms with E-state index >= 15 is 0 Å². The zero-order valence-corrected chi connectivity index (χ0v) is 29.0. The standard InChI is InChI=1S/C9H7F3O4.C9H7F3O3.C9H10O3.C8H7FO3/c1-15-8(14)6-3-2-5(13)4-7(6)16-9(10,11)12;1-15-8(14)6-3-2-5(13)4-7(6)9(10,11)12;1-6-5-7(10)3-4-8(6)9(11)12-2;1-12-8(11)6-3-2-5(10)4-7(6)9/h2-4,13H,1H3;2-4,13H,1H3;3-5,10H,1-2H3;2-4,10H,1H3. The highest BCUT2D eigenvalue weighted by molar-refractivity contribution is 5.93. The van der Waals surface area contributed by atoms with Gasteiger partial charge in [0.1, 0.15) is 40.1 Å². The summed E-state index contributed by atoms with van der Waals surface area (Å²) in [6.45, 7) is 1.74. The second-order valence-corrected chi connectivity index (χ2v) is 10.1. The molecular formula is C35H31F7O13. The molecule has 298 valence electrons. The Hall–Kier alpha value is -6.73. The summed E-state index contributed by atoms with van der Waals surface area (Å²) in [5, 5.41) is 35.7. The van der Waals surface area contributed by atoms with Crippen molar-refractivity contribution in [2.75, 3.05) is 28.4 Å². The number of ether oxygens (including phenoxy) is 5. The van der Waals surface area contributed by atoms with Gasteiger partial charge in [-0.25, -0.2) is 23.6 Å². The van der Waals surface area contributed by atoms with Crippen molar-refractivity contribution in [3.63, 3.8) is 0 Å². The van der Waals surface area contributed by atoms with Crippen LogP contribution in [0.5, 0.6) is 28.7 Å². The van der Waals surface area contributed by atoms with Crippen LogP contribution < -0.4 is 4.74 Å². The van der Waals surface area contributed by atoms with E-state index in [4.69, 9.17) is 20.4 Å². The highest BCUT2D eigenvalue weighted by Gasteiger charge is 2.36. The largest absolute Gasteiger partial charge is 0.573 e. The molecule has 0 saturated heterocycles. The zero-order valence-electron chi connectivity index (χ0n) is 29.0. The number of rotatable bonds is 5. The number of halogens is 7. The molecule has 0 saturated carbocycles. The maximum atomic E-state index is 12.8. The lowest BCUT2D eigenvalue weighted by atomic mass is 10.1. The summed E-state index contributed by atoms with van der Waals surface area (Å²) < 4.78 is 107. The number of alkyl halides is 6. The normalized spacial score (nSPS) is 10.4. The van der Waals surface area contributed by atoms with Crippen molar-refractivity contribution >= 4 is 23.9 Å². The van der Waals surface area contributed by atoms with Crippen LogP contribution in [0.2, 0.25) is 0 Å². The quantitative estimate of drug-likeness (QED) is 0.0910. The van der Waals surface area contributed by atoms with Crippen LogP contribution in [0.4, 0.5) is 30.7 Å². The second kappa shape index (κ2) is 20.5. The number of carbonyl (C=O) groups excluding carboxylic acids is 4. The van der Waals surface area contributed by atoms with Crippen LogP contribution in [0.1, 0.15) is 52.6 Å². The Bertz CT molecular complexity index is 1900. The Balaban J connectivity index is 0.000000369. The molecule has 0 unspecified atom stereocenters. The van der Waals surface area contributed by atoms with E-state index in [-0.39, 0.29) is 23.0 Å². The van der Waals surface area contributed by atoms with Crippen LogP contribution in [0.15, 0.2) is 72.8 Å². The van der Waals surface area contributed by atoms with Gasteiger partial charge in [-0.2, -0.15) is 13.2 Å². The van der Waals surface area contributed by atoms with E-state index in [1.54, 1.807) is 6.92 Å². The first-order valence-corrected chi connectivity index (χ1v) is 14.6. The molecule has 4 N–H and O–H groups in total. The third kappa shape index (κ3) is 15.0. The molecule has 0 spiro atoms. The van der Waals surface area contributed by atoms with Crippen molar-refractivity contribution in [1.29, 1.82) is 0 Å². The van der Waals surface area contributed by atoms with Gasteiger partial charge in [-0.3, -0.25) is 0 Å². The predicted molar refractivity (Wildman–Crippen MR) is 174 cm³/mol. The summed E-state index contributed by atoms with van der Waals surface area (Å²) in [6.07, 6.45) is -9.65. The summed E-state index contributed by atoms with van der Waals surface area (Å²) >= 11 is 0. The number of phenols is 4. The fraction of sp³-hybridized carbons (Fsp3) is 0.200. The Labute approximate surface area is 306 Å². The van der Waals surface area contributed by atoms with Crippen molar-refractivity contribution in [2.24, 2.45) is 0 Å². The summed E-state index contributed by atoms with van der Waals surface area (Å²) in [5.41, 5.74) is -1.25. The van der Waals surface area contributed by atoms with Crippen LogP contribution in [0, 0.1) is 12.7 Å². The van der Waals surface area contributed by atoms with E-state index in [1.165, 1.54) is 31.4 Å². The molecule has 13 nitrogen and oxygen atoms in total. The molecule has 0 aliphatic carbocycles. The topological polar surface area (TPSA) is 195 Å². The van der Waals surface area contributed by atoms with Crippen LogP contribution in [0.25, 0.3) is 0 Å². The fourth-order valence-electron chi connectivity index (χ4n) is 3.82. The molecule has 0 atom stereocenters. The Kier molecular flexibility index (Phi) is 17.2. The number of hydrogen-bond acceptors (Lipinski definition) is 13. The molecule has 4 aromatic carbocycles. The number of phenolic OH excluding ortho intramolecular Hbond substituents is 4. The molecule has 0 fully saturated rings. The molecule has 0 aromatic heterocycles. The van der Waals surface area contributed by atoms with Gasteiger partial charge >= 0.3 is 36.4 Å². The number of methoxy groups -OCH3 is 4. The van der Waals surface area contributed by atoms with Crippen molar-refractivity contribution in [1.82, 2.24) is 0 Å². The average molecular weight is 793 g/mol. The van der Waals surface area contributed by atoms with Crippen LogP contribution in [-0.2, 0) is 25.1 Å². The van der Waals surface area contributed by atoms with Gasteiger partial charge in [-0.1, -0.05) is 0 Å². The maximum absolute atomic E-state index is 12.8. The molecule has 0 amide bonds. The molecular weight excluding hydrogens is 761 g/mol. The number of esters is 4. The predicted octanol–water partition coefficient (Wildman–Crippen LogP) is 7.08. The lowest BCUT2D eigenvalue weighted by molar-refractivity contribution is -0.274. The van der Waals surface area contributed by atoms with Gasteiger partial charge in [0.25, 0.3) is 0 Å². The SMILES string of the molecule is COC(=O)c1ccc(O)cc1C.COC(=O)c1ccc(O)cc1C(F)(F)F.COC(=O)c1ccc(O)cc1F.COC(=O)c1ccc(O)cc1OC(F)(F)F. The molecule has 20 heteroatoms. The van der Waals surface area contributed by atoms with Crippen LogP contribution in [-0.4, -0.2) is 79.1 Å². The molecule has 4 rings (SSSR count). The third-order valence-corrected chi connectivity index (χ3v) is 6.28. The summed E-state index contributed by atoms with van der Waals surface area (Å²) in [4.78, 5) is 43.9. The number of benzene rings is 4. The van der Waals surface area contributed by atoms with Crippen molar-refractivity contribution in [3.05, 3.63) is 112 Å². The molecule has 0 heterocycles. The van der Waals surface area contributed by atoms with Crippen LogP contribution >= 0.6 is 0 Å². The number of carbonyl (C=O) groups is 4. The fourth-order valence-corrected chi connectivity index (χ4v) is 3.82. The van der Waals surface area contributed by atoms with E-state index in [1.807, 2.05) is 0 Å². The van der Waals surface area contributed by atoms with Gasteiger partial charge in [0.15, 0.2) is 0 Å². The van der Waals surface area contributed by atoms with Gasteiger partial charge in [0.2, 0.25) is 0 Å². The molecule has 4 aromatic rings. The van der Waals surface area contributed by atoms with Crippen molar-refractivity contribution in [3.8, 4) is 28.7 Å².